The van der Waals surface area contributed by atoms with E-state index in [-0.39, 0.29) is 11.9 Å². The minimum Gasteiger partial charge on any atom is -0.463 e. The van der Waals surface area contributed by atoms with E-state index in [2.05, 4.69) is 15.4 Å². The van der Waals surface area contributed by atoms with E-state index in [1.165, 1.54) is 0 Å². The molecule has 0 saturated carbocycles. The molecule has 0 radical (unpaired) electrons. The van der Waals surface area contributed by atoms with E-state index in [4.69, 9.17) is 16.0 Å². The van der Waals surface area contributed by atoms with Gasteiger partial charge >= 0.3 is 0 Å². The van der Waals surface area contributed by atoms with Crippen molar-refractivity contribution in [2.75, 3.05) is 20.6 Å². The number of amides is 1. The molecule has 0 aliphatic rings. The van der Waals surface area contributed by atoms with Crippen molar-refractivity contribution in [3.05, 3.63) is 70.6 Å². The summed E-state index contributed by atoms with van der Waals surface area (Å²) in [4.78, 5) is 20.0. The molecule has 1 amide bonds. The molecule has 1 N–H and O–H groups in total. The Kier molecular flexibility index (Phi) is 5.80. The molecule has 8 heteroatoms. The topological polar surface area (TPSA) is 76.2 Å². The van der Waals surface area contributed by atoms with Gasteiger partial charge in [0.1, 0.15) is 5.69 Å². The highest BCUT2D eigenvalue weighted by molar-refractivity contribution is 6.31. The highest BCUT2D eigenvalue weighted by Gasteiger charge is 2.22. The van der Waals surface area contributed by atoms with Crippen LogP contribution in [0.5, 0.6) is 0 Å². The maximum atomic E-state index is 13.3. The van der Waals surface area contributed by atoms with Crippen LogP contribution in [0.25, 0.3) is 22.5 Å². The smallest absolute Gasteiger partial charge is 0.252 e. The molecule has 0 aliphatic carbocycles. The summed E-state index contributed by atoms with van der Waals surface area (Å²) in [5.41, 5.74) is 3.44. The number of benzene rings is 1. The second-order valence-corrected chi connectivity index (χ2v) is 8.06. The molecule has 3 aromatic heterocycles. The number of rotatable bonds is 6. The van der Waals surface area contributed by atoms with Crippen LogP contribution in [0.15, 0.2) is 53.1 Å². The van der Waals surface area contributed by atoms with Crippen LogP contribution in [0.4, 0.5) is 0 Å². The molecule has 3 heterocycles. The minimum absolute atomic E-state index is 0.0745. The molecule has 1 unspecified atom stereocenters. The first kappa shape index (κ1) is 21.1. The number of aromatic nitrogens is 3. The summed E-state index contributed by atoms with van der Waals surface area (Å²) in [6.07, 6.45) is 1.58. The van der Waals surface area contributed by atoms with Crippen LogP contribution < -0.4 is 5.32 Å². The van der Waals surface area contributed by atoms with Crippen molar-refractivity contribution in [3.8, 4) is 11.5 Å². The Bertz CT molecular complexity index is 1230. The molecule has 0 aliphatic heterocycles. The fourth-order valence-corrected chi connectivity index (χ4v) is 4.04. The molecule has 4 rings (SSSR count). The van der Waals surface area contributed by atoms with E-state index in [9.17, 15) is 4.79 Å². The minimum atomic E-state index is -0.199. The number of hydrogen-bond acceptors (Lipinski definition) is 5. The normalized spacial score (nSPS) is 12.5. The number of pyridine rings is 1. The quantitative estimate of drug-likeness (QED) is 0.488. The molecule has 160 valence electrons. The van der Waals surface area contributed by atoms with Crippen molar-refractivity contribution in [2.24, 2.45) is 7.05 Å². The molecule has 1 atom stereocenters. The van der Waals surface area contributed by atoms with Gasteiger partial charge in [-0.25, -0.2) is 4.98 Å². The third-order valence-electron chi connectivity index (χ3n) is 5.33. The van der Waals surface area contributed by atoms with Crippen LogP contribution in [0.1, 0.15) is 27.7 Å². The van der Waals surface area contributed by atoms with Crippen LogP contribution in [0.3, 0.4) is 0 Å². The lowest BCUT2D eigenvalue weighted by Crippen LogP contribution is -2.34. The zero-order chi connectivity index (χ0) is 22.1. The summed E-state index contributed by atoms with van der Waals surface area (Å²) in [7, 11) is 5.74. The first-order valence-corrected chi connectivity index (χ1v) is 10.3. The molecular weight excluding hydrogens is 414 g/mol. The average Bonchev–Trinajstić information content (AvgIpc) is 3.37. The number of hydrogen-bond donors (Lipinski definition) is 1. The van der Waals surface area contributed by atoms with E-state index in [0.29, 0.717) is 34.2 Å². The lowest BCUT2D eigenvalue weighted by molar-refractivity contribution is 0.0943. The summed E-state index contributed by atoms with van der Waals surface area (Å²) in [6.45, 7) is 2.27. The Balaban J connectivity index is 1.69. The van der Waals surface area contributed by atoms with E-state index in [0.717, 1.165) is 16.6 Å². The fraction of sp³-hybridized carbons (Fsp3) is 0.261. The lowest BCUT2D eigenvalue weighted by atomic mass is 10.0. The molecule has 0 spiro atoms. The van der Waals surface area contributed by atoms with Crippen molar-refractivity contribution in [1.29, 1.82) is 0 Å². The van der Waals surface area contributed by atoms with Gasteiger partial charge in [0.05, 0.1) is 28.9 Å². The van der Waals surface area contributed by atoms with Crippen LogP contribution in [-0.2, 0) is 7.05 Å². The Morgan fingerprint density at radius 2 is 2.03 bits per heavy atom. The van der Waals surface area contributed by atoms with Gasteiger partial charge in [0.25, 0.3) is 5.91 Å². The first-order valence-electron chi connectivity index (χ1n) is 9.94. The molecule has 0 fully saturated rings. The Hall–Kier alpha value is -3.16. The number of likely N-dealkylation sites (N-methyl/N-ethyl adjacent to an activating group) is 1. The van der Waals surface area contributed by atoms with Gasteiger partial charge in [-0.3, -0.25) is 9.48 Å². The van der Waals surface area contributed by atoms with Crippen LogP contribution in [0, 0.1) is 6.92 Å². The van der Waals surface area contributed by atoms with Crippen LogP contribution in [0.2, 0.25) is 5.02 Å². The van der Waals surface area contributed by atoms with Gasteiger partial charge in [-0.1, -0.05) is 29.8 Å². The second kappa shape index (κ2) is 8.53. The number of furan rings is 1. The number of halogens is 1. The van der Waals surface area contributed by atoms with E-state index < -0.39 is 0 Å². The molecule has 1 aromatic carbocycles. The number of nitrogens with one attached hydrogen (secondary N) is 1. The summed E-state index contributed by atoms with van der Waals surface area (Å²) in [6, 6.07) is 13.0. The molecule has 0 bridgehead atoms. The number of aryl methyl sites for hydroxylation is 2. The monoisotopic (exact) mass is 437 g/mol. The standard InChI is InChI=1S/C23H24ClN5O2/c1-14-21-16(12-18(20-10-7-11-31-20)26-22(21)29(4)27-14)23(30)25-13-19(28(2)3)15-8-5-6-9-17(15)24/h5-12,19H,13H2,1-4H3,(H,25,30). The van der Waals surface area contributed by atoms with Crippen LogP contribution >= 0.6 is 11.6 Å². The van der Waals surface area contributed by atoms with Gasteiger partial charge in [-0.2, -0.15) is 5.10 Å². The van der Waals surface area contributed by atoms with Gasteiger partial charge in [0.2, 0.25) is 0 Å². The number of nitrogens with zero attached hydrogens (tertiary/aromatic N) is 4. The molecular formula is C23H24ClN5O2. The zero-order valence-electron chi connectivity index (χ0n) is 17.9. The highest BCUT2D eigenvalue weighted by Crippen LogP contribution is 2.28. The van der Waals surface area contributed by atoms with Gasteiger partial charge < -0.3 is 14.6 Å². The molecule has 4 aromatic rings. The zero-order valence-corrected chi connectivity index (χ0v) is 18.6. The van der Waals surface area contributed by atoms with Crippen molar-refractivity contribution in [1.82, 2.24) is 25.0 Å². The van der Waals surface area contributed by atoms with Gasteiger partial charge in [-0.15, -0.1) is 0 Å². The fourth-order valence-electron chi connectivity index (χ4n) is 3.78. The summed E-state index contributed by atoms with van der Waals surface area (Å²) < 4.78 is 7.19. The highest BCUT2D eigenvalue weighted by atomic mass is 35.5. The summed E-state index contributed by atoms with van der Waals surface area (Å²) >= 11 is 6.41. The molecule has 31 heavy (non-hydrogen) atoms. The van der Waals surface area contributed by atoms with E-state index in [1.807, 2.05) is 63.3 Å². The largest absolute Gasteiger partial charge is 0.463 e. The summed E-state index contributed by atoms with van der Waals surface area (Å²) in [5, 5.41) is 8.93. The maximum Gasteiger partial charge on any atom is 0.252 e. The van der Waals surface area contributed by atoms with Crippen molar-refractivity contribution >= 4 is 28.5 Å². The molecule has 0 saturated heterocycles. The number of carbonyl (C=O) groups excluding carboxylic acids is 1. The van der Waals surface area contributed by atoms with Gasteiger partial charge in [0.15, 0.2) is 11.4 Å². The SMILES string of the molecule is Cc1nn(C)c2nc(-c3ccco3)cc(C(=O)NCC(c3ccccc3Cl)N(C)C)c12. The van der Waals surface area contributed by atoms with Crippen LogP contribution in [-0.4, -0.2) is 46.2 Å². The Morgan fingerprint density at radius 3 is 2.71 bits per heavy atom. The third-order valence-corrected chi connectivity index (χ3v) is 5.67. The first-order chi connectivity index (χ1) is 14.9. The predicted molar refractivity (Wildman–Crippen MR) is 121 cm³/mol. The maximum absolute atomic E-state index is 13.3. The van der Waals surface area contributed by atoms with E-state index >= 15 is 0 Å². The van der Waals surface area contributed by atoms with E-state index in [1.54, 1.807) is 23.1 Å². The summed E-state index contributed by atoms with van der Waals surface area (Å²) in [5.74, 6) is 0.396. The van der Waals surface area contributed by atoms with Gasteiger partial charge in [0, 0.05) is 18.6 Å². The van der Waals surface area contributed by atoms with Crippen molar-refractivity contribution < 1.29 is 9.21 Å². The number of fused-ring (bicyclic) bond motifs is 1. The molecule has 7 nitrogen and oxygen atoms in total. The van der Waals surface area contributed by atoms with Crippen molar-refractivity contribution in [3.63, 3.8) is 0 Å². The Morgan fingerprint density at radius 1 is 1.26 bits per heavy atom. The third kappa shape index (κ3) is 4.06. The van der Waals surface area contributed by atoms with Gasteiger partial charge in [-0.05, 0) is 50.8 Å². The second-order valence-electron chi connectivity index (χ2n) is 7.65. The number of carbonyl (C=O) groups is 1. The van der Waals surface area contributed by atoms with Crippen molar-refractivity contribution in [2.45, 2.75) is 13.0 Å². The Labute approximate surface area is 185 Å². The predicted octanol–water partition coefficient (Wildman–Crippen LogP) is 4.22. The lowest BCUT2D eigenvalue weighted by Gasteiger charge is -2.26. The average molecular weight is 438 g/mol.